The summed E-state index contributed by atoms with van der Waals surface area (Å²) in [5, 5.41) is -0.649. The maximum Gasteiger partial charge on any atom is 0.267 e. The van der Waals surface area contributed by atoms with Crippen molar-refractivity contribution in [2.45, 2.75) is 6.92 Å². The van der Waals surface area contributed by atoms with E-state index in [1.807, 2.05) is 0 Å². The maximum absolute atomic E-state index is 13.0. The molecule has 27 heavy (non-hydrogen) atoms. The van der Waals surface area contributed by atoms with Gasteiger partial charge in [0, 0.05) is 11.6 Å². The number of ether oxygens (including phenoxy) is 2. The summed E-state index contributed by atoms with van der Waals surface area (Å²) >= 11 is 24.3. The molecule has 0 unspecified atom stereocenters. The van der Waals surface area contributed by atoms with Gasteiger partial charge in [-0.25, -0.2) is 4.90 Å². The smallest absolute Gasteiger partial charge is 0.267 e. The van der Waals surface area contributed by atoms with Crippen LogP contribution in [0.1, 0.15) is 38.0 Å². The number of halogens is 4. The molecule has 2 aliphatic heterocycles. The Bertz CT molecular complexity index is 1030. The molecule has 0 aliphatic carbocycles. The van der Waals surface area contributed by atoms with Gasteiger partial charge >= 0.3 is 0 Å². The van der Waals surface area contributed by atoms with Crippen LogP contribution in [0.5, 0.6) is 11.5 Å². The van der Waals surface area contributed by atoms with Gasteiger partial charge in [0.15, 0.2) is 17.3 Å². The summed E-state index contributed by atoms with van der Waals surface area (Å²) in [6.45, 7) is 1.26. The summed E-state index contributed by atoms with van der Waals surface area (Å²) in [4.78, 5) is 38.9. The highest BCUT2D eigenvalue weighted by molar-refractivity contribution is 6.56. The van der Waals surface area contributed by atoms with Crippen molar-refractivity contribution in [2.24, 2.45) is 0 Å². The molecule has 10 heteroatoms. The Balaban J connectivity index is 1.97. The first kappa shape index (κ1) is 18.4. The second-order valence-corrected chi connectivity index (χ2v) is 7.24. The second kappa shape index (κ2) is 6.27. The normalized spacial score (nSPS) is 14.8. The number of imide groups is 1. The number of nitrogens with zero attached hydrogens (tertiary/aromatic N) is 1. The Kier molecular flexibility index (Phi) is 4.27. The van der Waals surface area contributed by atoms with Crippen molar-refractivity contribution in [3.8, 4) is 11.5 Å². The summed E-state index contributed by atoms with van der Waals surface area (Å²) in [5.41, 5.74) is -0.225. The maximum atomic E-state index is 13.0. The minimum absolute atomic E-state index is 0.0253. The minimum Gasteiger partial charge on any atom is -0.454 e. The molecule has 6 nitrogen and oxygen atoms in total. The van der Waals surface area contributed by atoms with Gasteiger partial charge in [0.1, 0.15) is 0 Å². The fraction of sp³-hybridized carbons (Fsp3) is 0.118. The van der Waals surface area contributed by atoms with Gasteiger partial charge in [0.25, 0.3) is 11.8 Å². The highest BCUT2D eigenvalue weighted by Crippen LogP contribution is 2.47. The predicted octanol–water partition coefficient (Wildman–Crippen LogP) is 5.03. The third-order valence-electron chi connectivity index (χ3n) is 4.21. The van der Waals surface area contributed by atoms with Crippen molar-refractivity contribution in [3.63, 3.8) is 0 Å². The van der Waals surface area contributed by atoms with Crippen molar-refractivity contribution < 1.29 is 23.9 Å². The van der Waals surface area contributed by atoms with E-state index >= 15 is 0 Å². The van der Waals surface area contributed by atoms with Crippen molar-refractivity contribution in [1.29, 1.82) is 0 Å². The van der Waals surface area contributed by atoms with E-state index in [-0.39, 0.29) is 55.0 Å². The predicted molar refractivity (Wildman–Crippen MR) is 100 cm³/mol. The molecule has 2 amide bonds. The molecule has 0 fully saturated rings. The molecule has 2 aromatic carbocycles. The van der Waals surface area contributed by atoms with Crippen LogP contribution in [0.4, 0.5) is 5.69 Å². The van der Waals surface area contributed by atoms with Crippen LogP contribution >= 0.6 is 46.4 Å². The van der Waals surface area contributed by atoms with E-state index in [0.717, 1.165) is 4.90 Å². The number of amides is 2. The summed E-state index contributed by atoms with van der Waals surface area (Å²) in [6.07, 6.45) is 0. The highest BCUT2D eigenvalue weighted by atomic mass is 35.5. The van der Waals surface area contributed by atoms with Crippen LogP contribution < -0.4 is 14.4 Å². The first-order valence-corrected chi connectivity index (χ1v) is 8.94. The lowest BCUT2D eigenvalue weighted by Gasteiger charge is -2.17. The van der Waals surface area contributed by atoms with Gasteiger partial charge in [-0.1, -0.05) is 46.4 Å². The van der Waals surface area contributed by atoms with E-state index in [1.54, 1.807) is 0 Å². The lowest BCUT2D eigenvalue weighted by Crippen LogP contribution is -2.31. The first-order valence-electron chi connectivity index (χ1n) is 7.43. The van der Waals surface area contributed by atoms with Crippen molar-refractivity contribution in [1.82, 2.24) is 0 Å². The number of anilines is 1. The van der Waals surface area contributed by atoms with Crippen LogP contribution in [-0.4, -0.2) is 24.4 Å². The fourth-order valence-electron chi connectivity index (χ4n) is 2.97. The zero-order valence-corrected chi connectivity index (χ0v) is 16.4. The van der Waals surface area contributed by atoms with Gasteiger partial charge in [0.2, 0.25) is 6.79 Å². The standard InChI is InChI=1S/C17H7Cl4NO5/c1-5(23)6-2-8-9(27-4-26-8)3-7(6)22-16(24)10-11(17(22)25)13(19)15(21)14(20)12(10)18/h2-3H,4H2,1H3. The quantitative estimate of drug-likeness (QED) is 0.280. The van der Waals surface area contributed by atoms with Crippen LogP contribution in [0, 0.1) is 0 Å². The third kappa shape index (κ3) is 2.51. The lowest BCUT2D eigenvalue weighted by atomic mass is 10.1. The molecule has 0 atom stereocenters. The van der Waals surface area contributed by atoms with Crippen LogP contribution in [0.25, 0.3) is 0 Å². The van der Waals surface area contributed by atoms with E-state index < -0.39 is 11.8 Å². The zero-order chi connectivity index (χ0) is 19.6. The molecule has 0 radical (unpaired) electrons. The number of ketones is 1. The molecule has 0 saturated heterocycles. The molecule has 0 aromatic heterocycles. The Morgan fingerprint density at radius 1 is 0.889 bits per heavy atom. The molecule has 2 aliphatic rings. The molecular weight excluding hydrogens is 440 g/mol. The van der Waals surface area contributed by atoms with Crippen LogP contribution in [0.3, 0.4) is 0 Å². The molecule has 2 aromatic rings. The molecule has 0 spiro atoms. The van der Waals surface area contributed by atoms with Crippen LogP contribution in [0.15, 0.2) is 12.1 Å². The van der Waals surface area contributed by atoms with Gasteiger partial charge in [0.05, 0.1) is 36.9 Å². The van der Waals surface area contributed by atoms with E-state index in [4.69, 9.17) is 55.9 Å². The largest absolute Gasteiger partial charge is 0.454 e. The highest BCUT2D eigenvalue weighted by Gasteiger charge is 2.44. The third-order valence-corrected chi connectivity index (χ3v) is 6.01. The minimum atomic E-state index is -0.776. The number of benzene rings is 2. The number of Topliss-reactive ketones (excluding diaryl/α,β-unsaturated/α-hetero) is 1. The summed E-state index contributed by atoms with van der Waals surface area (Å²) in [6, 6.07) is 2.79. The SMILES string of the molecule is CC(=O)c1cc2c(cc1N1C(=O)c3c(Cl)c(Cl)c(Cl)c(Cl)c3C1=O)OCO2. The molecule has 0 N–H and O–H groups in total. The summed E-state index contributed by atoms with van der Waals surface area (Å²) in [5.74, 6) is -1.31. The average molecular weight is 447 g/mol. The lowest BCUT2D eigenvalue weighted by molar-refractivity contribution is 0.0926. The average Bonchev–Trinajstić information content (AvgIpc) is 3.18. The van der Waals surface area contributed by atoms with Crippen LogP contribution in [0.2, 0.25) is 20.1 Å². The van der Waals surface area contributed by atoms with E-state index in [2.05, 4.69) is 0 Å². The fourth-order valence-corrected chi connectivity index (χ4v) is 3.98. The number of hydrogen-bond donors (Lipinski definition) is 0. The Hall–Kier alpha value is -1.99. The zero-order valence-electron chi connectivity index (χ0n) is 13.4. The van der Waals surface area contributed by atoms with Crippen LogP contribution in [-0.2, 0) is 0 Å². The number of carbonyl (C=O) groups excluding carboxylic acids is 3. The second-order valence-electron chi connectivity index (χ2n) is 5.73. The topological polar surface area (TPSA) is 72.9 Å². The van der Waals surface area contributed by atoms with Gasteiger partial charge < -0.3 is 9.47 Å². The van der Waals surface area contributed by atoms with Gasteiger partial charge in [-0.05, 0) is 13.0 Å². The molecular formula is C17H7Cl4NO5. The Morgan fingerprint density at radius 2 is 1.37 bits per heavy atom. The molecule has 0 bridgehead atoms. The molecule has 0 saturated carbocycles. The van der Waals surface area contributed by atoms with Crippen molar-refractivity contribution >= 4 is 69.7 Å². The van der Waals surface area contributed by atoms with Gasteiger partial charge in [-0.3, -0.25) is 14.4 Å². The first-order chi connectivity index (χ1) is 12.7. The van der Waals surface area contributed by atoms with Gasteiger partial charge in [-0.15, -0.1) is 0 Å². The summed E-state index contributed by atoms with van der Waals surface area (Å²) in [7, 11) is 0. The molecule has 2 heterocycles. The molecule has 4 rings (SSSR count). The van der Waals surface area contributed by atoms with E-state index in [0.29, 0.717) is 11.5 Å². The summed E-state index contributed by atoms with van der Waals surface area (Å²) < 4.78 is 10.5. The van der Waals surface area contributed by atoms with Crippen molar-refractivity contribution in [2.75, 3.05) is 11.7 Å². The monoisotopic (exact) mass is 445 g/mol. The number of rotatable bonds is 2. The van der Waals surface area contributed by atoms with E-state index in [1.165, 1.54) is 19.1 Å². The Morgan fingerprint density at radius 3 is 1.85 bits per heavy atom. The van der Waals surface area contributed by atoms with Crippen molar-refractivity contribution in [3.05, 3.63) is 48.9 Å². The molecule has 138 valence electrons. The van der Waals surface area contributed by atoms with E-state index in [9.17, 15) is 14.4 Å². The number of fused-ring (bicyclic) bond motifs is 2. The Labute approximate surface area is 172 Å². The van der Waals surface area contributed by atoms with Gasteiger partial charge in [-0.2, -0.15) is 0 Å². The number of hydrogen-bond acceptors (Lipinski definition) is 5. The number of carbonyl (C=O) groups is 3.